The quantitative estimate of drug-likeness (QED) is 0.837. The van der Waals surface area contributed by atoms with Crippen LogP contribution in [0.2, 0.25) is 0 Å². The van der Waals surface area contributed by atoms with Gasteiger partial charge in [0.25, 0.3) is 0 Å². The number of rotatable bonds is 4. The molecule has 7 heteroatoms. The highest BCUT2D eigenvalue weighted by atomic mass is 16.5. The van der Waals surface area contributed by atoms with E-state index in [0.717, 1.165) is 38.2 Å². The van der Waals surface area contributed by atoms with E-state index in [1.54, 1.807) is 6.20 Å². The molecule has 3 heterocycles. The number of aliphatic hydroxyl groups excluding tert-OH is 1. The zero-order valence-electron chi connectivity index (χ0n) is 12.9. The number of ether oxygens (including phenoxy) is 1. The molecule has 3 rings (SSSR count). The van der Waals surface area contributed by atoms with E-state index in [1.807, 2.05) is 10.9 Å². The number of nitrogens with zero attached hydrogens (tertiary/aromatic N) is 3. The number of amides is 1. The van der Waals surface area contributed by atoms with Crippen LogP contribution in [0.25, 0.3) is 0 Å². The third-order valence-electron chi connectivity index (χ3n) is 4.54. The summed E-state index contributed by atoms with van der Waals surface area (Å²) in [6, 6.07) is 0.164. The summed E-state index contributed by atoms with van der Waals surface area (Å²) < 4.78 is 7.24. The van der Waals surface area contributed by atoms with Gasteiger partial charge in [-0.2, -0.15) is 5.10 Å². The lowest BCUT2D eigenvalue weighted by Gasteiger charge is -2.36. The van der Waals surface area contributed by atoms with Gasteiger partial charge in [0, 0.05) is 19.7 Å². The fraction of sp³-hybridized carbons (Fsp3) is 0.733. The first kappa shape index (κ1) is 15.5. The lowest BCUT2D eigenvalue weighted by Crippen LogP contribution is -2.47. The van der Waals surface area contributed by atoms with Crippen LogP contribution in [0.5, 0.6) is 0 Å². The summed E-state index contributed by atoms with van der Waals surface area (Å²) >= 11 is 0. The Morgan fingerprint density at radius 3 is 2.86 bits per heavy atom. The van der Waals surface area contributed by atoms with Gasteiger partial charge in [0.05, 0.1) is 37.2 Å². The van der Waals surface area contributed by atoms with Gasteiger partial charge in [-0.25, -0.2) is 0 Å². The van der Waals surface area contributed by atoms with Crippen LogP contribution in [-0.4, -0.2) is 64.1 Å². The molecular weight excluding hydrogens is 284 g/mol. The summed E-state index contributed by atoms with van der Waals surface area (Å²) in [5, 5.41) is 16.9. The molecule has 2 N–H and O–H groups in total. The third-order valence-corrected chi connectivity index (χ3v) is 4.54. The van der Waals surface area contributed by atoms with Crippen LogP contribution in [0.15, 0.2) is 12.4 Å². The zero-order chi connectivity index (χ0) is 15.5. The minimum absolute atomic E-state index is 0.0785. The first-order valence-corrected chi connectivity index (χ1v) is 7.91. The first-order valence-electron chi connectivity index (χ1n) is 7.91. The monoisotopic (exact) mass is 308 g/mol. The number of anilines is 1. The molecule has 2 atom stereocenters. The molecule has 0 radical (unpaired) electrons. The van der Waals surface area contributed by atoms with E-state index in [1.165, 1.54) is 6.92 Å². The summed E-state index contributed by atoms with van der Waals surface area (Å²) in [5.74, 6) is 0.506. The van der Waals surface area contributed by atoms with E-state index in [-0.39, 0.29) is 18.1 Å². The lowest BCUT2D eigenvalue weighted by atomic mass is 9.95. The van der Waals surface area contributed by atoms with E-state index < -0.39 is 0 Å². The van der Waals surface area contributed by atoms with E-state index in [2.05, 4.69) is 15.3 Å². The van der Waals surface area contributed by atoms with Crippen molar-refractivity contribution < 1.29 is 14.6 Å². The molecule has 2 aliphatic rings. The van der Waals surface area contributed by atoms with Gasteiger partial charge in [-0.05, 0) is 31.8 Å². The molecule has 2 aliphatic heterocycles. The molecule has 1 aromatic rings. The molecule has 0 unspecified atom stereocenters. The van der Waals surface area contributed by atoms with Crippen LogP contribution in [0, 0.1) is 5.92 Å². The van der Waals surface area contributed by atoms with Crippen molar-refractivity contribution in [3.8, 4) is 0 Å². The number of aromatic nitrogens is 2. The van der Waals surface area contributed by atoms with Crippen LogP contribution in [0.1, 0.15) is 19.8 Å². The average molecular weight is 308 g/mol. The summed E-state index contributed by atoms with van der Waals surface area (Å²) in [5.41, 5.74) is 0.746. The summed E-state index contributed by atoms with van der Waals surface area (Å²) in [6.45, 7) is 5.46. The first-order chi connectivity index (χ1) is 10.6. The van der Waals surface area contributed by atoms with Crippen molar-refractivity contribution in [2.75, 3.05) is 31.6 Å². The number of carbonyl (C=O) groups is 1. The fourth-order valence-electron chi connectivity index (χ4n) is 3.34. The minimum atomic E-state index is -0.345. The second kappa shape index (κ2) is 6.76. The van der Waals surface area contributed by atoms with E-state index in [9.17, 15) is 9.90 Å². The second-order valence-corrected chi connectivity index (χ2v) is 6.28. The Morgan fingerprint density at radius 1 is 1.45 bits per heavy atom. The Balaban J connectivity index is 1.47. The largest absolute Gasteiger partial charge is 0.389 e. The molecule has 2 fully saturated rings. The molecule has 1 amide bonds. The third kappa shape index (κ3) is 3.66. The van der Waals surface area contributed by atoms with E-state index in [0.29, 0.717) is 19.1 Å². The van der Waals surface area contributed by atoms with Crippen LogP contribution >= 0.6 is 0 Å². The predicted molar refractivity (Wildman–Crippen MR) is 81.4 cm³/mol. The van der Waals surface area contributed by atoms with Gasteiger partial charge in [0.15, 0.2) is 0 Å². The maximum absolute atomic E-state index is 11.0. The molecule has 0 saturated carbocycles. The molecule has 22 heavy (non-hydrogen) atoms. The van der Waals surface area contributed by atoms with Gasteiger partial charge in [-0.3, -0.25) is 14.4 Å². The molecular formula is C15H24N4O3. The number of hydrogen-bond acceptors (Lipinski definition) is 5. The van der Waals surface area contributed by atoms with E-state index in [4.69, 9.17) is 4.74 Å². The predicted octanol–water partition coefficient (Wildman–Crippen LogP) is 0.313. The van der Waals surface area contributed by atoms with Crippen LogP contribution < -0.4 is 5.32 Å². The Morgan fingerprint density at radius 2 is 2.23 bits per heavy atom. The van der Waals surface area contributed by atoms with Gasteiger partial charge in [-0.1, -0.05) is 0 Å². The topological polar surface area (TPSA) is 79.6 Å². The van der Waals surface area contributed by atoms with Gasteiger partial charge >= 0.3 is 0 Å². The Kier molecular flexibility index (Phi) is 4.75. The van der Waals surface area contributed by atoms with Crippen molar-refractivity contribution in [3.05, 3.63) is 12.4 Å². The normalized spacial score (nSPS) is 27.2. The highest BCUT2D eigenvalue weighted by molar-refractivity contribution is 5.88. The van der Waals surface area contributed by atoms with Gasteiger partial charge < -0.3 is 15.2 Å². The highest BCUT2D eigenvalue weighted by Crippen LogP contribution is 2.24. The maximum atomic E-state index is 11.0. The van der Waals surface area contributed by atoms with Crippen molar-refractivity contribution in [1.29, 1.82) is 0 Å². The van der Waals surface area contributed by atoms with Crippen LogP contribution in [-0.2, 0) is 16.1 Å². The SMILES string of the molecule is CC(=O)Nc1cnn(CC2CCN([C@H]3COC[C@H]3O)CC2)c1. The highest BCUT2D eigenvalue weighted by Gasteiger charge is 2.33. The van der Waals surface area contributed by atoms with Crippen LogP contribution in [0.3, 0.4) is 0 Å². The van der Waals surface area contributed by atoms with Gasteiger partial charge in [-0.15, -0.1) is 0 Å². The molecule has 7 nitrogen and oxygen atoms in total. The number of piperidine rings is 1. The number of likely N-dealkylation sites (tertiary alicyclic amines) is 1. The Bertz CT molecular complexity index is 511. The number of carbonyl (C=O) groups excluding carboxylic acids is 1. The zero-order valence-corrected chi connectivity index (χ0v) is 12.9. The van der Waals surface area contributed by atoms with Crippen molar-refractivity contribution in [2.45, 2.75) is 38.5 Å². The van der Waals surface area contributed by atoms with Gasteiger partial charge in [0.1, 0.15) is 0 Å². The number of nitrogens with one attached hydrogen (secondary N) is 1. The summed E-state index contributed by atoms with van der Waals surface area (Å²) in [6.07, 6.45) is 5.41. The maximum Gasteiger partial charge on any atom is 0.221 e. The molecule has 0 aromatic carbocycles. The van der Waals surface area contributed by atoms with Crippen LogP contribution in [0.4, 0.5) is 5.69 Å². The Labute approximate surface area is 130 Å². The van der Waals surface area contributed by atoms with Crippen molar-refractivity contribution >= 4 is 11.6 Å². The lowest BCUT2D eigenvalue weighted by molar-refractivity contribution is -0.114. The molecule has 1 aromatic heterocycles. The molecule has 2 saturated heterocycles. The van der Waals surface area contributed by atoms with Crippen molar-refractivity contribution in [3.63, 3.8) is 0 Å². The number of aliphatic hydroxyl groups is 1. The minimum Gasteiger partial charge on any atom is -0.389 e. The smallest absolute Gasteiger partial charge is 0.221 e. The summed E-state index contributed by atoms with van der Waals surface area (Å²) in [4.78, 5) is 13.4. The summed E-state index contributed by atoms with van der Waals surface area (Å²) in [7, 11) is 0. The standard InChI is InChI=1S/C15H24N4O3/c1-11(20)17-13-6-16-19(8-13)7-12-2-4-18(5-3-12)14-9-22-10-15(14)21/h6,8,12,14-15,21H,2-5,7,9-10H2,1H3,(H,17,20)/t14-,15+/m0/s1. The van der Waals surface area contributed by atoms with E-state index >= 15 is 0 Å². The van der Waals surface area contributed by atoms with Crippen molar-refractivity contribution in [2.24, 2.45) is 5.92 Å². The molecule has 0 bridgehead atoms. The fourth-order valence-corrected chi connectivity index (χ4v) is 3.34. The molecule has 0 aliphatic carbocycles. The Hall–Kier alpha value is -1.44. The second-order valence-electron chi connectivity index (χ2n) is 6.28. The van der Waals surface area contributed by atoms with Gasteiger partial charge in [0.2, 0.25) is 5.91 Å². The van der Waals surface area contributed by atoms with Crippen molar-refractivity contribution in [1.82, 2.24) is 14.7 Å². The molecule has 122 valence electrons. The average Bonchev–Trinajstić information content (AvgIpc) is 3.08. The number of hydrogen-bond donors (Lipinski definition) is 2. The molecule has 0 spiro atoms.